The predicted octanol–water partition coefficient (Wildman–Crippen LogP) is 4.40. The largest absolute Gasteiger partial charge is 0.493 e. The van der Waals surface area contributed by atoms with Gasteiger partial charge >= 0.3 is 0 Å². The number of morpholine rings is 1. The van der Waals surface area contributed by atoms with E-state index in [9.17, 15) is 4.79 Å². The van der Waals surface area contributed by atoms with Crippen molar-refractivity contribution in [2.75, 3.05) is 51.9 Å². The van der Waals surface area contributed by atoms with E-state index in [1.807, 2.05) is 60.7 Å². The van der Waals surface area contributed by atoms with E-state index in [-0.39, 0.29) is 5.91 Å². The molecule has 1 amide bonds. The van der Waals surface area contributed by atoms with E-state index in [4.69, 9.17) is 23.9 Å². The molecule has 0 bridgehead atoms. The molecule has 0 aliphatic carbocycles. The molecule has 9 heteroatoms. The predicted molar refractivity (Wildman–Crippen MR) is 151 cm³/mol. The third-order valence-corrected chi connectivity index (χ3v) is 7.24. The first-order valence-electron chi connectivity index (χ1n) is 13.6. The lowest BCUT2D eigenvalue weighted by Gasteiger charge is -2.26. The van der Waals surface area contributed by atoms with Crippen LogP contribution in [0.3, 0.4) is 0 Å². The lowest BCUT2D eigenvalue weighted by atomic mass is 9.99. The van der Waals surface area contributed by atoms with Crippen LogP contribution in [0, 0.1) is 0 Å². The number of fused-ring (bicyclic) bond motifs is 2. The van der Waals surface area contributed by atoms with Crippen molar-refractivity contribution in [2.24, 2.45) is 0 Å². The molecule has 1 saturated heterocycles. The number of nitrogens with zero attached hydrogens (tertiary/aromatic N) is 3. The van der Waals surface area contributed by atoms with Gasteiger partial charge in [0.1, 0.15) is 24.1 Å². The summed E-state index contributed by atoms with van der Waals surface area (Å²) < 4.78 is 23.2. The summed E-state index contributed by atoms with van der Waals surface area (Å²) in [6.07, 6.45) is 2.62. The van der Waals surface area contributed by atoms with Crippen LogP contribution in [0.4, 0.5) is 5.69 Å². The fraction of sp³-hybridized carbons (Fsp3) is 0.323. The molecule has 1 N–H and O–H groups in total. The van der Waals surface area contributed by atoms with Gasteiger partial charge in [0.15, 0.2) is 11.5 Å². The van der Waals surface area contributed by atoms with E-state index in [0.717, 1.165) is 55.8 Å². The van der Waals surface area contributed by atoms with E-state index in [2.05, 4.69) is 15.2 Å². The van der Waals surface area contributed by atoms with Gasteiger partial charge in [-0.05, 0) is 29.7 Å². The third kappa shape index (κ3) is 5.57. The van der Waals surface area contributed by atoms with Crippen LogP contribution in [0.1, 0.15) is 29.3 Å². The van der Waals surface area contributed by atoms with Gasteiger partial charge in [-0.2, -0.15) is 0 Å². The summed E-state index contributed by atoms with van der Waals surface area (Å²) in [6.45, 7) is 5.40. The molecule has 9 nitrogen and oxygen atoms in total. The van der Waals surface area contributed by atoms with Crippen LogP contribution < -0.4 is 19.5 Å². The highest BCUT2D eigenvalue weighted by Crippen LogP contribution is 2.42. The van der Waals surface area contributed by atoms with Gasteiger partial charge in [0.05, 0.1) is 38.1 Å². The fourth-order valence-corrected chi connectivity index (χ4v) is 5.13. The fourth-order valence-electron chi connectivity index (χ4n) is 5.13. The summed E-state index contributed by atoms with van der Waals surface area (Å²) in [4.78, 5) is 24.9. The number of methoxy groups -OCH3 is 1. The number of hydrogen-bond acceptors (Lipinski definition) is 8. The van der Waals surface area contributed by atoms with E-state index >= 15 is 0 Å². The SMILES string of the molecule is COc1cc2cnc(C3C(=O)Nc4c(OCc5ccccc5)cccc43)nc2cc1OCCCN1CCOCC1. The van der Waals surface area contributed by atoms with Crippen LogP contribution in [0.15, 0.2) is 66.9 Å². The Morgan fingerprint density at radius 3 is 2.67 bits per heavy atom. The molecule has 206 valence electrons. The van der Waals surface area contributed by atoms with Crippen LogP contribution in [0.5, 0.6) is 17.2 Å². The monoisotopic (exact) mass is 540 g/mol. The Morgan fingerprint density at radius 1 is 1.00 bits per heavy atom. The van der Waals surface area contributed by atoms with Crippen LogP contribution >= 0.6 is 0 Å². The molecule has 4 aromatic rings. The van der Waals surface area contributed by atoms with E-state index in [1.54, 1.807) is 13.3 Å². The van der Waals surface area contributed by atoms with Gasteiger partial charge in [0.25, 0.3) is 0 Å². The number of carbonyl (C=O) groups excluding carboxylic acids is 1. The normalized spacial score (nSPS) is 16.9. The lowest BCUT2D eigenvalue weighted by molar-refractivity contribution is -0.116. The standard InChI is InChI=1S/C31H32N4O5/c1-37-26-17-22-19-32-30(33-24(22)18-27(26)39-14-6-11-35-12-15-38-16-13-35)28-23-9-5-10-25(29(23)34-31(28)36)40-20-21-7-3-2-4-8-21/h2-5,7-10,17-19,28H,6,11-16,20H2,1H3,(H,34,36). The number of anilines is 1. The molecule has 1 atom stereocenters. The molecule has 2 aliphatic heterocycles. The lowest BCUT2D eigenvalue weighted by Crippen LogP contribution is -2.37. The summed E-state index contributed by atoms with van der Waals surface area (Å²) in [5.41, 5.74) is 3.19. The molecule has 1 unspecified atom stereocenters. The minimum Gasteiger partial charge on any atom is -0.493 e. The van der Waals surface area contributed by atoms with Crippen LogP contribution in [0.2, 0.25) is 0 Å². The summed E-state index contributed by atoms with van der Waals surface area (Å²) in [5.74, 6) is 1.47. The molecule has 6 rings (SSSR count). The summed E-state index contributed by atoms with van der Waals surface area (Å²) in [6, 6.07) is 19.3. The highest BCUT2D eigenvalue weighted by Gasteiger charge is 2.36. The first-order chi connectivity index (χ1) is 19.7. The average Bonchev–Trinajstić information content (AvgIpc) is 3.34. The minimum atomic E-state index is -0.639. The van der Waals surface area contributed by atoms with E-state index in [0.29, 0.717) is 47.5 Å². The number of carbonyl (C=O) groups is 1. The quantitative estimate of drug-likeness (QED) is 0.296. The maximum absolute atomic E-state index is 13.2. The molecule has 1 aromatic heterocycles. The van der Waals surface area contributed by atoms with Crippen molar-refractivity contribution in [3.8, 4) is 17.2 Å². The van der Waals surface area contributed by atoms with Crippen molar-refractivity contribution in [2.45, 2.75) is 18.9 Å². The van der Waals surface area contributed by atoms with Crippen molar-refractivity contribution < 1.29 is 23.7 Å². The van der Waals surface area contributed by atoms with Gasteiger partial charge in [-0.1, -0.05) is 42.5 Å². The van der Waals surface area contributed by atoms with Crippen molar-refractivity contribution in [3.63, 3.8) is 0 Å². The minimum absolute atomic E-state index is 0.182. The number of nitrogens with one attached hydrogen (secondary N) is 1. The number of rotatable bonds is 10. The smallest absolute Gasteiger partial charge is 0.239 e. The van der Waals surface area contributed by atoms with Gasteiger partial charge in [-0.3, -0.25) is 9.69 Å². The van der Waals surface area contributed by atoms with Crippen molar-refractivity contribution in [3.05, 3.63) is 83.8 Å². The molecule has 40 heavy (non-hydrogen) atoms. The van der Waals surface area contributed by atoms with Crippen molar-refractivity contribution in [1.29, 1.82) is 0 Å². The Morgan fingerprint density at radius 2 is 1.85 bits per heavy atom. The Hall–Kier alpha value is -4.21. The number of benzene rings is 3. The molecule has 0 spiro atoms. The van der Waals surface area contributed by atoms with Crippen LogP contribution in [0.25, 0.3) is 10.9 Å². The van der Waals surface area contributed by atoms with E-state index in [1.165, 1.54) is 0 Å². The highest BCUT2D eigenvalue weighted by molar-refractivity contribution is 6.06. The van der Waals surface area contributed by atoms with Gasteiger partial charge in [-0.15, -0.1) is 0 Å². The second-order valence-electron chi connectivity index (χ2n) is 9.86. The molecule has 0 saturated carbocycles. The molecule has 0 radical (unpaired) electrons. The van der Waals surface area contributed by atoms with Crippen LogP contribution in [-0.4, -0.2) is 67.3 Å². The summed E-state index contributed by atoms with van der Waals surface area (Å²) >= 11 is 0. The zero-order chi connectivity index (χ0) is 27.3. The number of aromatic nitrogens is 2. The Bertz CT molecular complexity index is 1490. The first kappa shape index (κ1) is 26.0. The highest BCUT2D eigenvalue weighted by atomic mass is 16.5. The van der Waals surface area contributed by atoms with Gasteiger partial charge in [-0.25, -0.2) is 9.97 Å². The molecular weight excluding hydrogens is 508 g/mol. The maximum Gasteiger partial charge on any atom is 0.239 e. The second-order valence-corrected chi connectivity index (χ2v) is 9.86. The zero-order valence-corrected chi connectivity index (χ0v) is 22.5. The summed E-state index contributed by atoms with van der Waals surface area (Å²) in [7, 11) is 1.62. The molecule has 3 heterocycles. The van der Waals surface area contributed by atoms with Crippen molar-refractivity contribution in [1.82, 2.24) is 14.9 Å². The number of para-hydroxylation sites is 1. The van der Waals surface area contributed by atoms with Crippen LogP contribution in [-0.2, 0) is 16.1 Å². The Labute approximate surface area is 233 Å². The summed E-state index contributed by atoms with van der Waals surface area (Å²) in [5, 5.41) is 3.79. The third-order valence-electron chi connectivity index (χ3n) is 7.24. The second kappa shape index (κ2) is 11.9. The molecule has 3 aromatic carbocycles. The molecular formula is C31H32N4O5. The van der Waals surface area contributed by atoms with E-state index < -0.39 is 5.92 Å². The molecule has 1 fully saturated rings. The number of amides is 1. The topological polar surface area (TPSA) is 95.0 Å². The number of hydrogen-bond donors (Lipinski definition) is 1. The zero-order valence-electron chi connectivity index (χ0n) is 22.5. The Balaban J connectivity index is 1.21. The average molecular weight is 541 g/mol. The molecule has 2 aliphatic rings. The van der Waals surface area contributed by atoms with Gasteiger partial charge < -0.3 is 24.3 Å². The number of ether oxygens (including phenoxy) is 4. The Kier molecular flexibility index (Phi) is 7.74. The first-order valence-corrected chi connectivity index (χ1v) is 13.6. The van der Waals surface area contributed by atoms with Crippen molar-refractivity contribution >= 4 is 22.5 Å². The maximum atomic E-state index is 13.2. The van der Waals surface area contributed by atoms with Gasteiger partial charge in [0, 0.05) is 37.3 Å². The van der Waals surface area contributed by atoms with Gasteiger partial charge in [0.2, 0.25) is 5.91 Å².